The number of fused-ring (bicyclic) bond motifs is 3. The molecule has 7 atom stereocenters. The maximum Gasteiger partial charge on any atom is 0.202 e. The summed E-state index contributed by atoms with van der Waals surface area (Å²) in [4.78, 5) is 27.5. The van der Waals surface area contributed by atoms with E-state index in [0.717, 1.165) is 12.8 Å². The molecule has 0 unspecified atom stereocenters. The van der Waals surface area contributed by atoms with E-state index in [1.54, 1.807) is 19.1 Å². The van der Waals surface area contributed by atoms with Gasteiger partial charge in [-0.05, 0) is 32.9 Å². The van der Waals surface area contributed by atoms with Crippen LogP contribution in [-0.2, 0) is 15.9 Å². The molecule has 2 aromatic rings. The van der Waals surface area contributed by atoms with Crippen LogP contribution < -0.4 is 15.8 Å². The molecule has 1 fully saturated rings. The van der Waals surface area contributed by atoms with Crippen molar-refractivity contribution < 1.29 is 44.2 Å². The fourth-order valence-electron chi connectivity index (χ4n) is 6.43. The molecule has 1 saturated heterocycles. The van der Waals surface area contributed by atoms with Gasteiger partial charge in [0.25, 0.3) is 0 Å². The number of hydrogen-bond donors (Lipinski definition) is 6. The number of aliphatic hydroxyl groups is 2. The van der Waals surface area contributed by atoms with E-state index < -0.39 is 65.4 Å². The molecular formula is C31H40N2O9. The van der Waals surface area contributed by atoms with Gasteiger partial charge in [0, 0.05) is 48.0 Å². The van der Waals surface area contributed by atoms with Crippen molar-refractivity contribution in [3.8, 4) is 17.2 Å². The Morgan fingerprint density at radius 3 is 2.55 bits per heavy atom. The molecule has 2 aromatic carbocycles. The lowest BCUT2D eigenvalue weighted by molar-refractivity contribution is -0.248. The van der Waals surface area contributed by atoms with Crippen molar-refractivity contribution in [2.75, 3.05) is 13.7 Å². The number of carbonyl (C=O) groups is 2. The largest absolute Gasteiger partial charge is 0.507 e. The van der Waals surface area contributed by atoms with Gasteiger partial charge >= 0.3 is 0 Å². The number of nitrogens with two attached hydrogens (primary N) is 1. The summed E-state index contributed by atoms with van der Waals surface area (Å²) >= 11 is 0. The maximum absolute atomic E-state index is 13.8. The zero-order valence-electron chi connectivity index (χ0n) is 24.3. The van der Waals surface area contributed by atoms with Gasteiger partial charge in [-0.1, -0.05) is 25.5 Å². The Bertz CT molecular complexity index is 1380. The number of phenols is 2. The van der Waals surface area contributed by atoms with E-state index in [2.05, 4.69) is 12.2 Å². The minimum Gasteiger partial charge on any atom is -0.507 e. The lowest BCUT2D eigenvalue weighted by Gasteiger charge is -2.45. The average Bonchev–Trinajstić information content (AvgIpc) is 2.95. The molecule has 1 aliphatic heterocycles. The van der Waals surface area contributed by atoms with Crippen molar-refractivity contribution in [1.82, 2.24) is 5.32 Å². The van der Waals surface area contributed by atoms with E-state index in [1.165, 1.54) is 13.2 Å². The Kier molecular flexibility index (Phi) is 8.36. The summed E-state index contributed by atoms with van der Waals surface area (Å²) in [5.41, 5.74) is 4.27. The Morgan fingerprint density at radius 2 is 1.88 bits per heavy atom. The zero-order chi connectivity index (χ0) is 30.5. The smallest absolute Gasteiger partial charge is 0.202 e. The van der Waals surface area contributed by atoms with Gasteiger partial charge in [-0.2, -0.15) is 0 Å². The van der Waals surface area contributed by atoms with E-state index in [0.29, 0.717) is 6.54 Å². The van der Waals surface area contributed by atoms with Gasteiger partial charge in [-0.25, -0.2) is 0 Å². The van der Waals surface area contributed by atoms with Crippen molar-refractivity contribution in [1.29, 1.82) is 0 Å². The molecule has 11 heteroatoms. The third-order valence-electron chi connectivity index (χ3n) is 8.96. The molecule has 2 aliphatic carbocycles. The predicted octanol–water partition coefficient (Wildman–Crippen LogP) is 2.22. The Morgan fingerprint density at radius 1 is 1.17 bits per heavy atom. The van der Waals surface area contributed by atoms with E-state index in [9.17, 15) is 30.0 Å². The standard InChI is InChI=1S/C31H40N2O9/c1-5-6-10-33-15(3)31(39)12-17-23(20(13-31)42-21-11-18(32)26(34)14(2)41-21)30(38)25-24(28(17)36)27(35)16-8-7-9-19(40-4)22(16)29(25)37/h7-9,14-15,18,20-21,26,33-34,36,38-39H,5-6,10-13,32H2,1-4H3/t14-,15-,18-,20+,21+,26+,31-/m0/s1. The number of hydrogen-bond acceptors (Lipinski definition) is 11. The van der Waals surface area contributed by atoms with Crippen LogP contribution in [0, 0.1) is 0 Å². The van der Waals surface area contributed by atoms with Crippen LogP contribution in [0.25, 0.3) is 0 Å². The van der Waals surface area contributed by atoms with Gasteiger partial charge in [-0.15, -0.1) is 0 Å². The second-order valence-electron chi connectivity index (χ2n) is 11.7. The third kappa shape index (κ3) is 4.97. The summed E-state index contributed by atoms with van der Waals surface area (Å²) in [6.45, 7) is 6.21. The van der Waals surface area contributed by atoms with Gasteiger partial charge in [0.2, 0.25) is 5.78 Å². The molecule has 1 heterocycles. The van der Waals surface area contributed by atoms with E-state index in [-0.39, 0.29) is 58.4 Å². The second kappa shape index (κ2) is 11.6. The number of aromatic hydroxyl groups is 2. The summed E-state index contributed by atoms with van der Waals surface area (Å²) < 4.78 is 17.5. The number of nitrogens with one attached hydrogen (secondary N) is 1. The van der Waals surface area contributed by atoms with Crippen LogP contribution in [0.15, 0.2) is 18.2 Å². The van der Waals surface area contributed by atoms with Crippen LogP contribution in [-0.4, -0.2) is 81.8 Å². The van der Waals surface area contributed by atoms with Crippen LogP contribution in [0.4, 0.5) is 0 Å². The summed E-state index contributed by atoms with van der Waals surface area (Å²) in [7, 11) is 1.38. The molecule has 42 heavy (non-hydrogen) atoms. The highest BCUT2D eigenvalue weighted by molar-refractivity contribution is 6.31. The van der Waals surface area contributed by atoms with Crippen molar-refractivity contribution >= 4 is 11.6 Å². The van der Waals surface area contributed by atoms with Gasteiger partial charge in [-0.3, -0.25) is 9.59 Å². The molecule has 5 rings (SSSR count). The number of methoxy groups -OCH3 is 1. The molecule has 0 aromatic heterocycles. The molecule has 0 saturated carbocycles. The number of aliphatic hydroxyl groups excluding tert-OH is 1. The van der Waals surface area contributed by atoms with Crippen LogP contribution in [0.3, 0.4) is 0 Å². The first kappa shape index (κ1) is 30.4. The summed E-state index contributed by atoms with van der Waals surface area (Å²) in [6, 6.07) is 3.49. The fourth-order valence-corrected chi connectivity index (χ4v) is 6.43. The number of unbranched alkanes of at least 4 members (excludes halogenated alkanes) is 1. The molecule has 11 nitrogen and oxygen atoms in total. The molecule has 228 valence electrons. The van der Waals surface area contributed by atoms with Gasteiger partial charge in [0.05, 0.1) is 47.7 Å². The quantitative estimate of drug-likeness (QED) is 0.169. The molecule has 0 amide bonds. The number of rotatable bonds is 8. The van der Waals surface area contributed by atoms with Crippen LogP contribution in [0.2, 0.25) is 0 Å². The Labute approximate surface area is 244 Å². The Balaban J connectivity index is 1.64. The maximum atomic E-state index is 13.8. The highest BCUT2D eigenvalue weighted by Gasteiger charge is 2.49. The molecule has 0 spiro atoms. The van der Waals surface area contributed by atoms with E-state index >= 15 is 0 Å². The van der Waals surface area contributed by atoms with Gasteiger partial charge in [0.1, 0.15) is 17.2 Å². The van der Waals surface area contributed by atoms with Crippen LogP contribution >= 0.6 is 0 Å². The van der Waals surface area contributed by atoms with Crippen LogP contribution in [0.1, 0.15) is 95.5 Å². The number of carbonyl (C=O) groups excluding carboxylic acids is 2. The highest BCUT2D eigenvalue weighted by atomic mass is 16.7. The van der Waals surface area contributed by atoms with Crippen molar-refractivity contribution in [2.24, 2.45) is 5.73 Å². The normalized spacial score (nSPS) is 29.5. The molecule has 0 bridgehead atoms. The minimum atomic E-state index is -1.46. The number of phenolic OH excluding ortho intramolecular Hbond substituents is 2. The summed E-state index contributed by atoms with van der Waals surface area (Å²) in [5, 5.41) is 48.9. The lowest BCUT2D eigenvalue weighted by Crippen LogP contribution is -2.55. The first-order valence-corrected chi connectivity index (χ1v) is 14.5. The first-order valence-electron chi connectivity index (χ1n) is 14.5. The Hall–Kier alpha value is -3.06. The van der Waals surface area contributed by atoms with E-state index in [4.69, 9.17) is 19.9 Å². The topological polar surface area (TPSA) is 181 Å². The number of benzene rings is 2. The minimum absolute atomic E-state index is 0.00456. The number of ether oxygens (including phenoxy) is 3. The second-order valence-corrected chi connectivity index (χ2v) is 11.7. The lowest BCUT2D eigenvalue weighted by atomic mass is 9.71. The van der Waals surface area contributed by atoms with Crippen molar-refractivity contribution in [3.63, 3.8) is 0 Å². The van der Waals surface area contributed by atoms with Gasteiger partial charge < -0.3 is 45.7 Å². The number of ketones is 2. The van der Waals surface area contributed by atoms with Crippen LogP contribution in [0.5, 0.6) is 17.2 Å². The average molecular weight is 585 g/mol. The molecule has 3 aliphatic rings. The predicted molar refractivity (Wildman–Crippen MR) is 152 cm³/mol. The monoisotopic (exact) mass is 584 g/mol. The highest BCUT2D eigenvalue weighted by Crippen LogP contribution is 2.53. The third-order valence-corrected chi connectivity index (χ3v) is 8.96. The molecule has 7 N–H and O–H groups in total. The first-order chi connectivity index (χ1) is 19.9. The zero-order valence-corrected chi connectivity index (χ0v) is 24.3. The van der Waals surface area contributed by atoms with Crippen molar-refractivity contribution in [2.45, 2.75) is 95.2 Å². The van der Waals surface area contributed by atoms with Gasteiger partial charge in [0.15, 0.2) is 12.1 Å². The molecular weight excluding hydrogens is 544 g/mol. The van der Waals surface area contributed by atoms with Crippen molar-refractivity contribution in [3.05, 3.63) is 51.6 Å². The SMILES string of the molecule is CCCCN[C@@H](C)[C@]1(O)Cc2c(O)c3c(c(O)c2[C@H](O[C@@H]2C[C@H](N)[C@H](O)[C@H](C)O2)C1)C(=O)c1c(OC)cccc1C3=O. The van der Waals surface area contributed by atoms with E-state index in [1.807, 2.05) is 6.92 Å². The fraction of sp³-hybridized carbons (Fsp3) is 0.548. The summed E-state index contributed by atoms with van der Waals surface area (Å²) in [6.07, 6.45) is -1.62. The molecule has 0 radical (unpaired) electrons. The summed E-state index contributed by atoms with van der Waals surface area (Å²) in [5.74, 6) is -2.13.